The zero-order chi connectivity index (χ0) is 12.7. The maximum atomic E-state index is 11.3. The van der Waals surface area contributed by atoms with E-state index in [-0.39, 0.29) is 43.0 Å². The number of nitrogens with two attached hydrogens (primary N) is 1. The van der Waals surface area contributed by atoms with Gasteiger partial charge in [-0.2, -0.15) is 0 Å². The molecule has 1 aliphatic heterocycles. The Labute approximate surface area is 126 Å². The molecule has 0 aromatic carbocycles. The van der Waals surface area contributed by atoms with Gasteiger partial charge in [-0.1, -0.05) is 12.8 Å². The number of carbonyl (C=O) groups is 1. The molecule has 3 N–H and O–H groups in total. The van der Waals surface area contributed by atoms with Crippen LogP contribution in [0.3, 0.4) is 0 Å². The molecular weight excluding hydrogens is 343 g/mol. The summed E-state index contributed by atoms with van der Waals surface area (Å²) in [6, 6.07) is 0. The zero-order valence-corrected chi connectivity index (χ0v) is 13.0. The summed E-state index contributed by atoms with van der Waals surface area (Å²) in [6.45, 7) is 4.30. The molecule has 0 radical (unpaired) electrons. The molecule has 1 fully saturated rings. The number of amides is 1. The van der Waals surface area contributed by atoms with Gasteiger partial charge in [-0.15, -0.1) is 30.4 Å². The Balaban J connectivity index is 0.00000289. The summed E-state index contributed by atoms with van der Waals surface area (Å²) in [6.07, 6.45) is 7.39. The SMILES string of the molecule is C#CCNC(=O)CN=C(N)N1CCCC(C)C1.I. The van der Waals surface area contributed by atoms with Crippen LogP contribution in [0.4, 0.5) is 0 Å². The highest BCUT2D eigenvalue weighted by Crippen LogP contribution is 2.14. The summed E-state index contributed by atoms with van der Waals surface area (Å²) >= 11 is 0. The molecule has 18 heavy (non-hydrogen) atoms. The van der Waals surface area contributed by atoms with Gasteiger partial charge in [0.05, 0.1) is 6.54 Å². The molecule has 1 amide bonds. The molecular formula is C12H21IN4O. The van der Waals surface area contributed by atoms with Crippen molar-refractivity contribution >= 4 is 35.8 Å². The van der Waals surface area contributed by atoms with Crippen LogP contribution in [0.2, 0.25) is 0 Å². The van der Waals surface area contributed by atoms with Crippen LogP contribution in [-0.2, 0) is 4.79 Å². The zero-order valence-electron chi connectivity index (χ0n) is 10.7. The average Bonchev–Trinajstić information content (AvgIpc) is 2.33. The maximum Gasteiger partial charge on any atom is 0.242 e. The first kappa shape index (κ1) is 17.0. The molecule has 0 aromatic rings. The molecule has 0 aromatic heterocycles. The van der Waals surface area contributed by atoms with Crippen LogP contribution < -0.4 is 11.1 Å². The van der Waals surface area contributed by atoms with Crippen LogP contribution in [0, 0.1) is 18.3 Å². The fraction of sp³-hybridized carbons (Fsp3) is 0.667. The number of hydrogen-bond acceptors (Lipinski definition) is 2. The molecule has 5 nitrogen and oxygen atoms in total. The lowest BCUT2D eigenvalue weighted by molar-refractivity contribution is -0.119. The number of nitrogens with zero attached hydrogens (tertiary/aromatic N) is 2. The van der Waals surface area contributed by atoms with Gasteiger partial charge in [0, 0.05) is 13.1 Å². The van der Waals surface area contributed by atoms with E-state index in [1.807, 2.05) is 4.90 Å². The summed E-state index contributed by atoms with van der Waals surface area (Å²) < 4.78 is 0. The Hall–Kier alpha value is -0.970. The van der Waals surface area contributed by atoms with Gasteiger partial charge in [0.25, 0.3) is 0 Å². The Kier molecular flexibility index (Phi) is 8.54. The van der Waals surface area contributed by atoms with Crippen molar-refractivity contribution in [1.29, 1.82) is 0 Å². The number of terminal acetylenes is 1. The van der Waals surface area contributed by atoms with Gasteiger partial charge in [-0.05, 0) is 18.8 Å². The minimum atomic E-state index is -0.198. The van der Waals surface area contributed by atoms with Gasteiger partial charge in [0.2, 0.25) is 5.91 Å². The highest BCUT2D eigenvalue weighted by molar-refractivity contribution is 14.0. The van der Waals surface area contributed by atoms with E-state index in [1.165, 1.54) is 6.42 Å². The van der Waals surface area contributed by atoms with Gasteiger partial charge < -0.3 is 16.0 Å². The van der Waals surface area contributed by atoms with Gasteiger partial charge >= 0.3 is 0 Å². The monoisotopic (exact) mass is 364 g/mol. The van der Waals surface area contributed by atoms with Crippen molar-refractivity contribution in [2.45, 2.75) is 19.8 Å². The number of carbonyl (C=O) groups excluding carboxylic acids is 1. The number of piperidine rings is 1. The van der Waals surface area contributed by atoms with E-state index in [2.05, 4.69) is 23.2 Å². The third-order valence-electron chi connectivity index (χ3n) is 2.75. The van der Waals surface area contributed by atoms with Crippen molar-refractivity contribution in [3.05, 3.63) is 0 Å². The van der Waals surface area contributed by atoms with E-state index in [0.717, 1.165) is 19.5 Å². The molecule has 1 heterocycles. The standard InChI is InChI=1S/C12H20N4O.HI/c1-3-6-14-11(17)8-15-12(13)16-7-4-5-10(2)9-16;/h1,10H,4-9H2,2H3,(H2,13,15)(H,14,17);1H. The molecule has 1 saturated heterocycles. The fourth-order valence-corrected chi connectivity index (χ4v) is 1.86. The number of halogens is 1. The molecule has 0 bridgehead atoms. The molecule has 1 aliphatic rings. The Bertz CT molecular complexity index is 337. The van der Waals surface area contributed by atoms with Crippen LogP contribution >= 0.6 is 24.0 Å². The molecule has 102 valence electrons. The van der Waals surface area contributed by atoms with Crippen LogP contribution in [0.25, 0.3) is 0 Å². The molecule has 0 spiro atoms. The number of hydrogen-bond donors (Lipinski definition) is 2. The van der Waals surface area contributed by atoms with Gasteiger partial charge in [0.1, 0.15) is 6.54 Å². The second kappa shape index (κ2) is 9.03. The van der Waals surface area contributed by atoms with Crippen molar-refractivity contribution < 1.29 is 4.79 Å². The minimum absolute atomic E-state index is 0. The molecule has 1 atom stereocenters. The lowest BCUT2D eigenvalue weighted by Crippen LogP contribution is -2.44. The predicted octanol–water partition coefficient (Wildman–Crippen LogP) is 0.400. The van der Waals surface area contributed by atoms with E-state index < -0.39 is 0 Å². The highest BCUT2D eigenvalue weighted by atomic mass is 127. The van der Waals surface area contributed by atoms with E-state index in [9.17, 15) is 4.79 Å². The number of nitrogens with one attached hydrogen (secondary N) is 1. The van der Waals surface area contributed by atoms with E-state index >= 15 is 0 Å². The van der Waals surface area contributed by atoms with Gasteiger partial charge in [-0.25, -0.2) is 4.99 Å². The van der Waals surface area contributed by atoms with Crippen molar-refractivity contribution in [3.63, 3.8) is 0 Å². The lowest BCUT2D eigenvalue weighted by Gasteiger charge is -2.31. The van der Waals surface area contributed by atoms with Crippen molar-refractivity contribution in [1.82, 2.24) is 10.2 Å². The van der Waals surface area contributed by atoms with E-state index in [1.54, 1.807) is 0 Å². The summed E-state index contributed by atoms with van der Waals surface area (Å²) in [5.74, 6) is 3.22. The van der Waals surface area contributed by atoms with Gasteiger partial charge in [0.15, 0.2) is 5.96 Å². The third kappa shape index (κ3) is 6.10. The minimum Gasteiger partial charge on any atom is -0.370 e. The molecule has 1 unspecified atom stereocenters. The van der Waals surface area contributed by atoms with Crippen LogP contribution in [-0.4, -0.2) is 42.9 Å². The second-order valence-electron chi connectivity index (χ2n) is 4.35. The number of likely N-dealkylation sites (tertiary alicyclic amines) is 1. The molecule has 6 heteroatoms. The summed E-state index contributed by atoms with van der Waals surface area (Å²) in [5.41, 5.74) is 5.84. The summed E-state index contributed by atoms with van der Waals surface area (Å²) in [5, 5.41) is 2.54. The number of aliphatic imine (C=N–C) groups is 1. The lowest BCUT2D eigenvalue weighted by atomic mass is 10.0. The maximum absolute atomic E-state index is 11.3. The smallest absolute Gasteiger partial charge is 0.242 e. The molecule has 0 aliphatic carbocycles. The third-order valence-corrected chi connectivity index (χ3v) is 2.75. The predicted molar refractivity (Wildman–Crippen MR) is 83.7 cm³/mol. The quantitative estimate of drug-likeness (QED) is 0.330. The fourth-order valence-electron chi connectivity index (χ4n) is 1.86. The van der Waals surface area contributed by atoms with Crippen molar-refractivity contribution in [2.24, 2.45) is 16.6 Å². The van der Waals surface area contributed by atoms with Crippen LogP contribution in [0.1, 0.15) is 19.8 Å². The van der Waals surface area contributed by atoms with Crippen LogP contribution in [0.5, 0.6) is 0 Å². The topological polar surface area (TPSA) is 70.7 Å². The Morgan fingerprint density at radius 2 is 2.39 bits per heavy atom. The molecule has 0 saturated carbocycles. The van der Waals surface area contributed by atoms with Gasteiger partial charge in [-0.3, -0.25) is 4.79 Å². The number of guanidine groups is 1. The Morgan fingerprint density at radius 3 is 3.00 bits per heavy atom. The van der Waals surface area contributed by atoms with Crippen LogP contribution in [0.15, 0.2) is 4.99 Å². The largest absolute Gasteiger partial charge is 0.370 e. The molecule has 1 rings (SSSR count). The first-order chi connectivity index (χ1) is 8.13. The van der Waals surface area contributed by atoms with E-state index in [4.69, 9.17) is 12.2 Å². The van der Waals surface area contributed by atoms with Crippen molar-refractivity contribution in [3.8, 4) is 12.3 Å². The highest BCUT2D eigenvalue weighted by Gasteiger charge is 2.17. The average molecular weight is 364 g/mol. The van der Waals surface area contributed by atoms with Crippen molar-refractivity contribution in [2.75, 3.05) is 26.2 Å². The summed E-state index contributed by atoms with van der Waals surface area (Å²) in [7, 11) is 0. The summed E-state index contributed by atoms with van der Waals surface area (Å²) in [4.78, 5) is 17.4. The second-order valence-corrected chi connectivity index (χ2v) is 4.35. The first-order valence-corrected chi connectivity index (χ1v) is 5.88. The Morgan fingerprint density at radius 1 is 1.67 bits per heavy atom. The van der Waals surface area contributed by atoms with E-state index in [0.29, 0.717) is 11.9 Å². The normalized spacial score (nSPS) is 19.7. The number of rotatable bonds is 3. The first-order valence-electron chi connectivity index (χ1n) is 5.88.